The summed E-state index contributed by atoms with van der Waals surface area (Å²) in [6.07, 6.45) is -4.82. The van der Waals surface area contributed by atoms with Crippen LogP contribution in [0, 0.1) is 0 Å². The monoisotopic (exact) mass is 323 g/mol. The van der Waals surface area contributed by atoms with Crippen molar-refractivity contribution in [3.8, 4) is 0 Å². The van der Waals surface area contributed by atoms with Gasteiger partial charge in [-0.1, -0.05) is 0 Å². The van der Waals surface area contributed by atoms with Gasteiger partial charge in [-0.05, 0) is 0 Å². The molecular formula is C2HBiF3O2. The van der Waals surface area contributed by atoms with Crippen molar-refractivity contribution in [2.24, 2.45) is 0 Å². The molecule has 0 aromatic carbocycles. The first-order chi connectivity index (χ1) is 3.48. The number of carbonyl (C=O) groups is 1. The second kappa shape index (κ2) is 2.62. The number of carbonyl (C=O) groups excluding carboxylic acids is 1. The van der Waals surface area contributed by atoms with E-state index in [4.69, 9.17) is 0 Å². The minimum atomic E-state index is -4.82. The summed E-state index contributed by atoms with van der Waals surface area (Å²) in [6, 6.07) is 0. The molecule has 0 aliphatic heterocycles. The van der Waals surface area contributed by atoms with E-state index in [2.05, 4.69) is 2.81 Å². The van der Waals surface area contributed by atoms with Crippen LogP contribution in [0.4, 0.5) is 13.2 Å². The van der Waals surface area contributed by atoms with E-state index >= 15 is 0 Å². The van der Waals surface area contributed by atoms with Crippen molar-refractivity contribution < 1.29 is 20.8 Å². The van der Waals surface area contributed by atoms with Gasteiger partial charge < -0.3 is 0 Å². The molecule has 0 fully saturated rings. The molecule has 0 rings (SSSR count). The Morgan fingerprint density at radius 3 is 1.88 bits per heavy atom. The average Bonchev–Trinajstić information content (AvgIpc) is 1.62. The van der Waals surface area contributed by atoms with Crippen LogP contribution in [-0.4, -0.2) is 37.3 Å². The normalized spacial score (nSPS) is 11.0. The summed E-state index contributed by atoms with van der Waals surface area (Å²) in [5, 5.41) is 0. The van der Waals surface area contributed by atoms with Crippen LogP contribution >= 0.6 is 0 Å². The Hall–Kier alpha value is 0.143. The quantitative estimate of drug-likeness (QED) is 0.583. The molecule has 0 unspecified atom stereocenters. The SMILES string of the molecule is O=C([O][BiH])C(F)(F)F. The van der Waals surface area contributed by atoms with Crippen LogP contribution in [0.15, 0.2) is 0 Å². The fourth-order valence-electron chi connectivity index (χ4n) is 0.0579. The summed E-state index contributed by atoms with van der Waals surface area (Å²) in [7, 11) is 0. The van der Waals surface area contributed by atoms with Crippen LogP contribution in [0.1, 0.15) is 0 Å². The summed E-state index contributed by atoms with van der Waals surface area (Å²) in [6.45, 7) is 0. The van der Waals surface area contributed by atoms with Crippen LogP contribution in [0.3, 0.4) is 0 Å². The van der Waals surface area contributed by atoms with Gasteiger partial charge in [0.2, 0.25) is 0 Å². The van der Waals surface area contributed by atoms with Crippen molar-refractivity contribution in [1.82, 2.24) is 0 Å². The van der Waals surface area contributed by atoms with E-state index in [1.807, 2.05) is 0 Å². The number of halogens is 3. The molecule has 0 aromatic heterocycles. The van der Waals surface area contributed by atoms with E-state index in [1.165, 1.54) is 0 Å². The van der Waals surface area contributed by atoms with Gasteiger partial charge in [-0.25, -0.2) is 0 Å². The molecule has 6 heteroatoms. The zero-order chi connectivity index (χ0) is 6.78. The van der Waals surface area contributed by atoms with Gasteiger partial charge in [0.25, 0.3) is 0 Å². The fourth-order valence-corrected chi connectivity index (χ4v) is 0.508. The molecule has 2 nitrogen and oxygen atoms in total. The van der Waals surface area contributed by atoms with E-state index in [0.717, 1.165) is 0 Å². The van der Waals surface area contributed by atoms with Crippen molar-refractivity contribution in [2.75, 3.05) is 0 Å². The molecule has 0 spiro atoms. The molecule has 1 radical (unpaired) electrons. The minimum absolute atomic E-state index is 0.216. The van der Waals surface area contributed by atoms with E-state index in [1.54, 1.807) is 0 Å². The van der Waals surface area contributed by atoms with Gasteiger partial charge in [-0.15, -0.1) is 0 Å². The Labute approximate surface area is 58.5 Å². The Kier molecular flexibility index (Phi) is 2.67. The van der Waals surface area contributed by atoms with Crippen LogP contribution < -0.4 is 0 Å². The third-order valence-corrected chi connectivity index (χ3v) is 1.04. The molecule has 0 bridgehead atoms. The zero-order valence-corrected chi connectivity index (χ0v) is 7.34. The Morgan fingerprint density at radius 2 is 1.88 bits per heavy atom. The Bertz CT molecular complexity index is 97.9. The molecular weight excluding hydrogens is 322 g/mol. The molecule has 0 saturated heterocycles. The van der Waals surface area contributed by atoms with Crippen molar-refractivity contribution in [3.05, 3.63) is 0 Å². The second-order valence-electron chi connectivity index (χ2n) is 0.887. The van der Waals surface area contributed by atoms with Gasteiger partial charge in [0, 0.05) is 0 Å². The molecule has 0 aliphatic carbocycles. The van der Waals surface area contributed by atoms with Gasteiger partial charge in [0.15, 0.2) is 0 Å². The first-order valence-electron chi connectivity index (χ1n) is 1.43. The first kappa shape index (κ1) is 8.14. The number of alkyl halides is 3. The summed E-state index contributed by atoms with van der Waals surface area (Å²) in [5.74, 6) is -2.11. The Balaban J connectivity index is 3.82. The van der Waals surface area contributed by atoms with Crippen molar-refractivity contribution in [1.29, 1.82) is 0 Å². The van der Waals surface area contributed by atoms with Gasteiger partial charge in [0.1, 0.15) is 0 Å². The maximum absolute atomic E-state index is 11.0. The molecule has 0 saturated carbocycles. The van der Waals surface area contributed by atoms with Crippen LogP contribution in [-0.2, 0) is 7.61 Å². The molecule has 0 N–H and O–H groups in total. The van der Waals surface area contributed by atoms with Gasteiger partial charge in [0.05, 0.1) is 0 Å². The molecule has 0 aromatic rings. The average molecular weight is 323 g/mol. The summed E-state index contributed by atoms with van der Waals surface area (Å²) >= 11 is -0.216. The second-order valence-corrected chi connectivity index (χ2v) is 1.68. The summed E-state index contributed by atoms with van der Waals surface area (Å²) in [4.78, 5) is 9.52. The Morgan fingerprint density at radius 1 is 1.50 bits per heavy atom. The van der Waals surface area contributed by atoms with Gasteiger partial charge in [-0.3, -0.25) is 0 Å². The van der Waals surface area contributed by atoms with Crippen LogP contribution in [0.2, 0.25) is 0 Å². The van der Waals surface area contributed by atoms with Crippen LogP contribution in [0.25, 0.3) is 0 Å². The molecule has 0 aliphatic rings. The van der Waals surface area contributed by atoms with E-state index in [0.29, 0.717) is 0 Å². The predicted octanol–water partition coefficient (Wildman–Crippen LogP) is -0.0923. The summed E-state index contributed by atoms with van der Waals surface area (Å²) in [5.41, 5.74) is 0. The standard InChI is InChI=1S/C2HF3O2.Bi.H/c3-2(4,5)1(6)7;;/h(H,6,7);;/q;+1;/p-1. The molecule has 8 heavy (non-hydrogen) atoms. The summed E-state index contributed by atoms with van der Waals surface area (Å²) < 4.78 is 36.5. The van der Waals surface area contributed by atoms with E-state index in [-0.39, 0.29) is 25.2 Å². The molecule has 0 amide bonds. The maximum atomic E-state index is 11.0. The molecule has 0 atom stereocenters. The molecule has 47 valence electrons. The van der Waals surface area contributed by atoms with Crippen molar-refractivity contribution >= 4 is 31.1 Å². The van der Waals surface area contributed by atoms with E-state index < -0.39 is 12.1 Å². The number of rotatable bonds is 0. The van der Waals surface area contributed by atoms with E-state index in [9.17, 15) is 18.0 Å². The van der Waals surface area contributed by atoms with Crippen LogP contribution in [0.5, 0.6) is 0 Å². The third-order valence-electron chi connectivity index (χ3n) is 0.324. The van der Waals surface area contributed by atoms with Crippen molar-refractivity contribution in [2.45, 2.75) is 6.18 Å². The predicted molar refractivity (Wildman–Crippen MR) is 19.3 cm³/mol. The number of hydrogen-bond acceptors (Lipinski definition) is 2. The topological polar surface area (TPSA) is 26.3 Å². The number of hydrogen-bond donors (Lipinski definition) is 0. The van der Waals surface area contributed by atoms with Gasteiger partial charge in [-0.2, -0.15) is 0 Å². The first-order valence-corrected chi connectivity index (χ1v) is 3.02. The van der Waals surface area contributed by atoms with Crippen molar-refractivity contribution in [3.63, 3.8) is 0 Å². The third kappa shape index (κ3) is 2.45. The zero-order valence-electron chi connectivity index (χ0n) is 3.45. The fraction of sp³-hybridized carbons (Fsp3) is 0.500. The van der Waals surface area contributed by atoms with Gasteiger partial charge >= 0.3 is 58.1 Å². The molecule has 0 heterocycles.